The van der Waals surface area contributed by atoms with Gasteiger partial charge >= 0.3 is 0 Å². The summed E-state index contributed by atoms with van der Waals surface area (Å²) in [6, 6.07) is 14.0. The minimum absolute atomic E-state index is 0.158. The van der Waals surface area contributed by atoms with Crippen LogP contribution in [-0.2, 0) is 16.4 Å². The molecule has 3 rings (SSSR count). The Bertz CT molecular complexity index is 1080. The maximum atomic E-state index is 12.4. The smallest absolute Gasteiger partial charge is 0.251 e. The average molecular weight is 381 g/mol. The lowest BCUT2D eigenvalue weighted by Crippen LogP contribution is -2.23. The van der Waals surface area contributed by atoms with E-state index in [2.05, 4.69) is 15.3 Å². The van der Waals surface area contributed by atoms with Gasteiger partial charge in [0.05, 0.1) is 22.8 Å². The summed E-state index contributed by atoms with van der Waals surface area (Å²) < 4.78 is 23.7. The van der Waals surface area contributed by atoms with Crippen molar-refractivity contribution in [1.82, 2.24) is 15.3 Å². The van der Waals surface area contributed by atoms with E-state index in [-0.39, 0.29) is 17.3 Å². The third-order valence-electron chi connectivity index (χ3n) is 4.06. The van der Waals surface area contributed by atoms with Gasteiger partial charge in [-0.15, -0.1) is 0 Å². The summed E-state index contributed by atoms with van der Waals surface area (Å²) in [5.74, 6) is -0.357. The number of sulfone groups is 1. The molecule has 1 aromatic carbocycles. The van der Waals surface area contributed by atoms with Gasteiger partial charge in [0.2, 0.25) is 0 Å². The Labute approximate surface area is 158 Å². The van der Waals surface area contributed by atoms with Crippen molar-refractivity contribution in [2.45, 2.75) is 18.4 Å². The highest BCUT2D eigenvalue weighted by molar-refractivity contribution is 7.90. The molecule has 2 heterocycles. The SMILES string of the molecule is Cc1ccc(C(=O)NCc2cc(-c3ccccn3)ccn2)cc1S(C)(=O)=O. The fourth-order valence-corrected chi connectivity index (χ4v) is 3.68. The minimum atomic E-state index is -3.39. The first kappa shape index (κ1) is 18.7. The Hall–Kier alpha value is -3.06. The normalized spacial score (nSPS) is 11.2. The van der Waals surface area contributed by atoms with Gasteiger partial charge in [-0.2, -0.15) is 0 Å². The van der Waals surface area contributed by atoms with Gasteiger partial charge in [0.25, 0.3) is 5.91 Å². The van der Waals surface area contributed by atoms with Gasteiger partial charge in [-0.3, -0.25) is 14.8 Å². The molecule has 138 valence electrons. The third kappa shape index (κ3) is 4.57. The van der Waals surface area contributed by atoms with E-state index in [0.29, 0.717) is 16.8 Å². The summed E-state index contributed by atoms with van der Waals surface area (Å²) in [6.45, 7) is 1.92. The first-order valence-corrected chi connectivity index (χ1v) is 10.2. The van der Waals surface area contributed by atoms with Gasteiger partial charge < -0.3 is 5.32 Å². The van der Waals surface area contributed by atoms with E-state index in [1.807, 2.05) is 30.3 Å². The number of aryl methyl sites for hydroxylation is 1. The number of benzene rings is 1. The predicted molar refractivity (Wildman–Crippen MR) is 103 cm³/mol. The van der Waals surface area contributed by atoms with E-state index < -0.39 is 9.84 Å². The van der Waals surface area contributed by atoms with Gasteiger partial charge in [-0.1, -0.05) is 12.1 Å². The van der Waals surface area contributed by atoms with Crippen LogP contribution in [0.1, 0.15) is 21.6 Å². The van der Waals surface area contributed by atoms with Crippen LogP contribution < -0.4 is 5.32 Å². The largest absolute Gasteiger partial charge is 0.346 e. The molecule has 0 aliphatic carbocycles. The molecular formula is C20H19N3O3S. The molecule has 7 heteroatoms. The van der Waals surface area contributed by atoms with Crippen molar-refractivity contribution in [3.8, 4) is 11.3 Å². The second-order valence-corrected chi connectivity index (χ2v) is 8.17. The van der Waals surface area contributed by atoms with Crippen molar-refractivity contribution in [2.24, 2.45) is 0 Å². The topological polar surface area (TPSA) is 89.0 Å². The highest BCUT2D eigenvalue weighted by Crippen LogP contribution is 2.18. The molecule has 0 atom stereocenters. The molecule has 0 bridgehead atoms. The molecule has 0 saturated heterocycles. The monoisotopic (exact) mass is 381 g/mol. The molecule has 1 N–H and O–H groups in total. The van der Waals surface area contributed by atoms with E-state index in [4.69, 9.17) is 0 Å². The predicted octanol–water partition coefficient (Wildman–Crippen LogP) is 2.79. The van der Waals surface area contributed by atoms with Gasteiger partial charge in [-0.25, -0.2) is 8.42 Å². The van der Waals surface area contributed by atoms with Crippen molar-refractivity contribution in [3.05, 3.63) is 77.7 Å². The molecule has 0 unspecified atom stereocenters. The van der Waals surface area contributed by atoms with Crippen molar-refractivity contribution >= 4 is 15.7 Å². The standard InChI is InChI=1S/C20H19N3O3S/c1-14-6-7-16(12-19(14)27(2,25)26)20(24)23-13-17-11-15(8-10-21-17)18-5-3-4-9-22-18/h3-12H,13H2,1-2H3,(H,23,24). The number of pyridine rings is 2. The molecule has 0 spiro atoms. The average Bonchev–Trinajstić information content (AvgIpc) is 2.66. The third-order valence-corrected chi connectivity index (χ3v) is 5.30. The van der Waals surface area contributed by atoms with Gasteiger partial charge in [-0.05, 0) is 48.9 Å². The Morgan fingerprint density at radius 3 is 2.56 bits per heavy atom. The van der Waals surface area contributed by atoms with E-state index in [1.54, 1.807) is 31.5 Å². The van der Waals surface area contributed by atoms with Crippen LogP contribution >= 0.6 is 0 Å². The number of nitrogens with zero attached hydrogens (tertiary/aromatic N) is 2. The molecule has 0 aliphatic heterocycles. The van der Waals surface area contributed by atoms with E-state index >= 15 is 0 Å². The number of aromatic nitrogens is 2. The van der Waals surface area contributed by atoms with Crippen LogP contribution in [0.15, 0.2) is 65.8 Å². The highest BCUT2D eigenvalue weighted by Gasteiger charge is 2.14. The Balaban J connectivity index is 1.75. The highest BCUT2D eigenvalue weighted by atomic mass is 32.2. The fourth-order valence-electron chi connectivity index (χ4n) is 2.68. The summed E-state index contributed by atoms with van der Waals surface area (Å²) in [5, 5.41) is 2.78. The molecule has 3 aromatic rings. The van der Waals surface area contributed by atoms with Gasteiger partial charge in [0.1, 0.15) is 0 Å². The van der Waals surface area contributed by atoms with E-state index in [0.717, 1.165) is 17.5 Å². The van der Waals surface area contributed by atoms with Crippen molar-refractivity contribution in [2.75, 3.05) is 6.26 Å². The van der Waals surface area contributed by atoms with Crippen LogP contribution in [0, 0.1) is 6.92 Å². The molecule has 2 aromatic heterocycles. The maximum Gasteiger partial charge on any atom is 0.251 e. The molecule has 6 nitrogen and oxygen atoms in total. The Morgan fingerprint density at radius 2 is 1.85 bits per heavy atom. The second kappa shape index (κ2) is 7.67. The zero-order valence-corrected chi connectivity index (χ0v) is 15.8. The first-order chi connectivity index (χ1) is 12.8. The second-order valence-electron chi connectivity index (χ2n) is 6.19. The van der Waals surface area contributed by atoms with Crippen LogP contribution in [0.2, 0.25) is 0 Å². The fraction of sp³-hybridized carbons (Fsp3) is 0.150. The Kier molecular flexibility index (Phi) is 5.32. The summed E-state index contributed by atoms with van der Waals surface area (Å²) in [4.78, 5) is 21.1. The number of hydrogen-bond acceptors (Lipinski definition) is 5. The molecule has 0 aliphatic rings. The van der Waals surface area contributed by atoms with Crippen molar-refractivity contribution in [3.63, 3.8) is 0 Å². The van der Waals surface area contributed by atoms with Gasteiger partial charge in [0, 0.05) is 29.8 Å². The van der Waals surface area contributed by atoms with Crippen molar-refractivity contribution < 1.29 is 13.2 Å². The summed E-state index contributed by atoms with van der Waals surface area (Å²) in [7, 11) is -3.39. The van der Waals surface area contributed by atoms with E-state index in [1.165, 1.54) is 6.07 Å². The van der Waals surface area contributed by atoms with Crippen molar-refractivity contribution in [1.29, 1.82) is 0 Å². The molecule has 1 amide bonds. The molecule has 0 fully saturated rings. The quantitative estimate of drug-likeness (QED) is 0.734. The zero-order valence-electron chi connectivity index (χ0n) is 15.0. The molecule has 0 radical (unpaired) electrons. The van der Waals surface area contributed by atoms with Crippen LogP contribution in [0.4, 0.5) is 0 Å². The summed E-state index contributed by atoms with van der Waals surface area (Å²) in [5.41, 5.74) is 3.32. The maximum absolute atomic E-state index is 12.4. The lowest BCUT2D eigenvalue weighted by molar-refractivity contribution is 0.0950. The van der Waals surface area contributed by atoms with Crippen LogP contribution in [0.3, 0.4) is 0 Å². The Morgan fingerprint density at radius 1 is 1.04 bits per heavy atom. The van der Waals surface area contributed by atoms with Crippen LogP contribution in [0.5, 0.6) is 0 Å². The summed E-state index contributed by atoms with van der Waals surface area (Å²) >= 11 is 0. The lowest BCUT2D eigenvalue weighted by Gasteiger charge is -2.09. The first-order valence-electron chi connectivity index (χ1n) is 8.30. The number of carbonyl (C=O) groups excluding carboxylic acids is 1. The zero-order chi connectivity index (χ0) is 19.4. The number of carbonyl (C=O) groups is 1. The molecule has 27 heavy (non-hydrogen) atoms. The van der Waals surface area contributed by atoms with Crippen LogP contribution in [-0.4, -0.2) is 30.5 Å². The molecular weight excluding hydrogens is 362 g/mol. The number of hydrogen-bond donors (Lipinski definition) is 1. The number of rotatable bonds is 5. The summed E-state index contributed by atoms with van der Waals surface area (Å²) in [6.07, 6.45) is 4.51. The van der Waals surface area contributed by atoms with Crippen LogP contribution in [0.25, 0.3) is 11.3 Å². The van der Waals surface area contributed by atoms with E-state index in [9.17, 15) is 13.2 Å². The number of nitrogens with one attached hydrogen (secondary N) is 1. The number of amides is 1. The lowest BCUT2D eigenvalue weighted by atomic mass is 10.1. The molecule has 0 saturated carbocycles. The van der Waals surface area contributed by atoms with Gasteiger partial charge in [0.15, 0.2) is 9.84 Å². The minimum Gasteiger partial charge on any atom is -0.346 e.